The second-order valence-electron chi connectivity index (χ2n) is 13.0. The van der Waals surface area contributed by atoms with Gasteiger partial charge in [0.1, 0.15) is 17.7 Å². The summed E-state index contributed by atoms with van der Waals surface area (Å²) in [5.41, 5.74) is 2.37. The van der Waals surface area contributed by atoms with Crippen molar-refractivity contribution in [2.75, 3.05) is 43.9 Å². The molecule has 3 amide bonds. The Morgan fingerprint density at radius 2 is 1.29 bits per heavy atom. The molecule has 3 N–H and O–H groups in total. The lowest BCUT2D eigenvalue weighted by molar-refractivity contribution is -0.129. The van der Waals surface area contributed by atoms with Crippen molar-refractivity contribution in [3.63, 3.8) is 0 Å². The number of benzene rings is 3. The molecule has 1 aliphatic rings. The van der Waals surface area contributed by atoms with Crippen LogP contribution in [0.25, 0.3) is 0 Å². The number of nitrogens with one attached hydrogen (secondary N) is 3. The molecular formula is C38H50N4O4S2. The minimum Gasteiger partial charge on any atom is -0.444 e. The van der Waals surface area contributed by atoms with Crippen LogP contribution in [-0.4, -0.2) is 84.4 Å². The molecule has 0 aliphatic carbocycles. The first-order chi connectivity index (χ1) is 23.1. The second kappa shape index (κ2) is 18.3. The summed E-state index contributed by atoms with van der Waals surface area (Å²) in [7, 11) is 0. The number of alkyl carbamates (subject to hydrolysis) is 1. The largest absolute Gasteiger partial charge is 0.444 e. The van der Waals surface area contributed by atoms with Crippen LogP contribution in [-0.2, 0) is 19.1 Å². The molecule has 8 nitrogen and oxygen atoms in total. The maximum Gasteiger partial charge on any atom is 0.408 e. The van der Waals surface area contributed by atoms with E-state index in [-0.39, 0.29) is 11.7 Å². The SMILES string of the molecule is CSCC[C@H](NC(=O)[C@H](CSC(c1ccccc1)(c1ccccc1)c1ccccc1)NC(=O)OC(C)(C)C)C(=O)NCCN1CCCC1. The van der Waals surface area contributed by atoms with Crippen LogP contribution in [0.15, 0.2) is 91.0 Å². The zero-order chi connectivity index (χ0) is 34.4. The highest BCUT2D eigenvalue weighted by atomic mass is 32.2. The molecule has 1 saturated heterocycles. The summed E-state index contributed by atoms with van der Waals surface area (Å²) < 4.78 is 4.89. The van der Waals surface area contributed by atoms with Crippen LogP contribution >= 0.6 is 23.5 Å². The highest BCUT2D eigenvalue weighted by Gasteiger charge is 2.39. The Balaban J connectivity index is 1.63. The zero-order valence-electron chi connectivity index (χ0n) is 28.6. The van der Waals surface area contributed by atoms with E-state index >= 15 is 0 Å². The molecule has 2 atom stereocenters. The monoisotopic (exact) mass is 690 g/mol. The molecule has 4 rings (SSSR count). The predicted molar refractivity (Wildman–Crippen MR) is 198 cm³/mol. The van der Waals surface area contributed by atoms with Crippen molar-refractivity contribution in [3.8, 4) is 0 Å². The summed E-state index contributed by atoms with van der Waals surface area (Å²) in [6, 6.07) is 28.9. The van der Waals surface area contributed by atoms with E-state index in [1.807, 2.05) is 60.9 Å². The molecule has 0 bridgehead atoms. The summed E-state index contributed by atoms with van der Waals surface area (Å²) in [6.45, 7) is 8.76. The molecule has 1 aliphatic heterocycles. The smallest absolute Gasteiger partial charge is 0.408 e. The van der Waals surface area contributed by atoms with Gasteiger partial charge in [-0.3, -0.25) is 9.59 Å². The van der Waals surface area contributed by atoms with Gasteiger partial charge < -0.3 is 25.6 Å². The van der Waals surface area contributed by atoms with Gasteiger partial charge in [0, 0.05) is 18.8 Å². The third-order valence-electron chi connectivity index (χ3n) is 8.18. The summed E-state index contributed by atoms with van der Waals surface area (Å²) in [4.78, 5) is 43.0. The van der Waals surface area contributed by atoms with Gasteiger partial charge in [0.25, 0.3) is 0 Å². The molecule has 258 valence electrons. The summed E-state index contributed by atoms with van der Waals surface area (Å²) in [6.07, 6.45) is 4.12. The van der Waals surface area contributed by atoms with Gasteiger partial charge >= 0.3 is 6.09 Å². The molecular weight excluding hydrogens is 641 g/mol. The van der Waals surface area contributed by atoms with Crippen LogP contribution in [0, 0.1) is 0 Å². The number of likely N-dealkylation sites (tertiary alicyclic amines) is 1. The van der Waals surface area contributed by atoms with E-state index in [1.54, 1.807) is 44.3 Å². The number of carbonyl (C=O) groups excluding carboxylic acids is 3. The van der Waals surface area contributed by atoms with Crippen molar-refractivity contribution >= 4 is 41.4 Å². The van der Waals surface area contributed by atoms with Crippen LogP contribution in [0.4, 0.5) is 4.79 Å². The van der Waals surface area contributed by atoms with Crippen LogP contribution in [0.1, 0.15) is 56.7 Å². The van der Waals surface area contributed by atoms with Crippen LogP contribution in [0.2, 0.25) is 0 Å². The van der Waals surface area contributed by atoms with E-state index in [1.165, 1.54) is 12.8 Å². The fourth-order valence-corrected chi connectivity index (χ4v) is 7.88. The Labute approximate surface area is 294 Å². The minimum absolute atomic E-state index is 0.204. The number of hydrogen-bond acceptors (Lipinski definition) is 7. The first-order valence-electron chi connectivity index (χ1n) is 16.7. The summed E-state index contributed by atoms with van der Waals surface area (Å²) >= 11 is 3.18. The van der Waals surface area contributed by atoms with Crippen molar-refractivity contribution in [1.82, 2.24) is 20.9 Å². The molecule has 0 aromatic heterocycles. The van der Waals surface area contributed by atoms with Crippen molar-refractivity contribution in [3.05, 3.63) is 108 Å². The highest BCUT2D eigenvalue weighted by molar-refractivity contribution is 8.00. The Kier molecular flexibility index (Phi) is 14.3. The molecule has 3 aromatic carbocycles. The van der Waals surface area contributed by atoms with Gasteiger partial charge in [0.2, 0.25) is 11.8 Å². The van der Waals surface area contributed by atoms with E-state index in [0.717, 1.165) is 36.3 Å². The standard InChI is InChI=1S/C38H50N4O4S2/c1-37(2,3)46-36(45)41-33(35(44)40-32(22-27-47-4)34(43)39-23-26-42-24-14-15-25-42)28-48-38(29-16-8-5-9-17-29,30-18-10-6-11-19-30)31-20-12-7-13-21-31/h5-13,16-21,32-33H,14-15,22-28H2,1-4H3,(H,39,43)(H,40,44)(H,41,45)/t32-,33-/m0/s1. The minimum atomic E-state index is -0.991. The Morgan fingerprint density at radius 1 is 0.771 bits per heavy atom. The number of nitrogens with zero attached hydrogens (tertiary/aromatic N) is 1. The van der Waals surface area contributed by atoms with Crippen LogP contribution in [0.3, 0.4) is 0 Å². The van der Waals surface area contributed by atoms with E-state index in [4.69, 9.17) is 4.74 Å². The zero-order valence-corrected chi connectivity index (χ0v) is 30.2. The molecule has 10 heteroatoms. The van der Waals surface area contributed by atoms with Gasteiger partial charge in [-0.25, -0.2) is 4.79 Å². The van der Waals surface area contributed by atoms with Gasteiger partial charge in [-0.15, -0.1) is 11.8 Å². The third kappa shape index (κ3) is 10.8. The Hall–Kier alpha value is -3.47. The van der Waals surface area contributed by atoms with Crippen LogP contribution < -0.4 is 16.0 Å². The molecule has 3 aromatic rings. The first kappa shape index (κ1) is 37.4. The lowest BCUT2D eigenvalue weighted by Crippen LogP contribution is -2.55. The van der Waals surface area contributed by atoms with E-state index in [9.17, 15) is 14.4 Å². The fourth-order valence-electron chi connectivity index (χ4n) is 5.85. The molecule has 0 spiro atoms. The quantitative estimate of drug-likeness (QED) is 0.157. The van der Waals surface area contributed by atoms with Gasteiger partial charge in [-0.05, 0) is 81.8 Å². The van der Waals surface area contributed by atoms with Crippen LogP contribution in [0.5, 0.6) is 0 Å². The molecule has 1 fully saturated rings. The van der Waals surface area contributed by atoms with E-state index in [2.05, 4.69) is 57.2 Å². The van der Waals surface area contributed by atoms with E-state index in [0.29, 0.717) is 18.7 Å². The maximum absolute atomic E-state index is 14.1. The number of amides is 3. The predicted octanol–water partition coefficient (Wildman–Crippen LogP) is 6.05. The van der Waals surface area contributed by atoms with Gasteiger partial charge in [-0.2, -0.15) is 11.8 Å². The maximum atomic E-state index is 14.1. The lowest BCUT2D eigenvalue weighted by atomic mass is 9.84. The molecule has 0 radical (unpaired) electrons. The average molecular weight is 691 g/mol. The fraction of sp³-hybridized carbons (Fsp3) is 0.447. The van der Waals surface area contributed by atoms with Gasteiger partial charge in [0.05, 0.1) is 4.75 Å². The van der Waals surface area contributed by atoms with Crippen molar-refractivity contribution in [1.29, 1.82) is 0 Å². The lowest BCUT2D eigenvalue weighted by Gasteiger charge is -2.36. The Morgan fingerprint density at radius 3 is 1.77 bits per heavy atom. The number of thioether (sulfide) groups is 2. The van der Waals surface area contributed by atoms with Gasteiger partial charge in [0.15, 0.2) is 0 Å². The van der Waals surface area contributed by atoms with Crippen molar-refractivity contribution in [2.45, 2.75) is 62.5 Å². The summed E-state index contributed by atoms with van der Waals surface area (Å²) in [5.74, 6) is 0.252. The second-order valence-corrected chi connectivity index (χ2v) is 15.2. The molecule has 1 heterocycles. The van der Waals surface area contributed by atoms with Gasteiger partial charge in [-0.1, -0.05) is 91.0 Å². The molecule has 48 heavy (non-hydrogen) atoms. The van der Waals surface area contributed by atoms with Crippen molar-refractivity contribution < 1.29 is 19.1 Å². The number of ether oxygens (including phenoxy) is 1. The molecule has 0 saturated carbocycles. The normalized spacial score (nSPS) is 14.9. The molecule has 0 unspecified atom stereocenters. The number of hydrogen-bond donors (Lipinski definition) is 3. The average Bonchev–Trinajstić information content (AvgIpc) is 3.60. The highest BCUT2D eigenvalue weighted by Crippen LogP contribution is 2.48. The van der Waals surface area contributed by atoms with Crippen molar-refractivity contribution in [2.24, 2.45) is 0 Å². The number of carbonyl (C=O) groups is 3. The Bertz CT molecular complexity index is 1330. The number of rotatable bonds is 16. The third-order valence-corrected chi connectivity index (χ3v) is 10.5. The topological polar surface area (TPSA) is 99.8 Å². The summed E-state index contributed by atoms with van der Waals surface area (Å²) in [5, 5.41) is 8.87. The van der Waals surface area contributed by atoms with E-state index < -0.39 is 34.4 Å². The first-order valence-corrected chi connectivity index (χ1v) is 19.1.